The lowest BCUT2D eigenvalue weighted by atomic mass is 10.1. The first-order chi connectivity index (χ1) is 14.7. The van der Waals surface area contributed by atoms with E-state index in [1.165, 1.54) is 45.8 Å². The van der Waals surface area contributed by atoms with Gasteiger partial charge in [-0.3, -0.25) is 9.78 Å². The zero-order chi connectivity index (χ0) is 22.4. The summed E-state index contributed by atoms with van der Waals surface area (Å²) in [5, 5.41) is 2.82. The summed E-state index contributed by atoms with van der Waals surface area (Å²) < 4.78 is 49.3. The van der Waals surface area contributed by atoms with Gasteiger partial charge in [0.1, 0.15) is 23.1 Å². The van der Waals surface area contributed by atoms with Crippen molar-refractivity contribution in [1.29, 1.82) is 0 Å². The summed E-state index contributed by atoms with van der Waals surface area (Å²) in [5.41, 5.74) is -2.11. The van der Waals surface area contributed by atoms with Gasteiger partial charge in [0, 0.05) is 5.56 Å². The summed E-state index contributed by atoms with van der Waals surface area (Å²) in [6.07, 6.45) is 1.32. The molecule has 1 N–H and O–H groups in total. The molecule has 0 bridgehead atoms. The fourth-order valence-electron chi connectivity index (χ4n) is 2.61. The van der Waals surface area contributed by atoms with Crippen molar-refractivity contribution >= 4 is 15.1 Å². The number of rotatable bonds is 8. The van der Waals surface area contributed by atoms with Gasteiger partial charge in [-0.15, -0.1) is 0 Å². The van der Waals surface area contributed by atoms with E-state index in [0.29, 0.717) is 22.8 Å². The van der Waals surface area contributed by atoms with E-state index in [4.69, 9.17) is 9.47 Å². The molecule has 5 nitrogen and oxygen atoms in total. The maximum Gasteiger partial charge on any atom is 0.292 e. The van der Waals surface area contributed by atoms with Gasteiger partial charge in [0.15, 0.2) is 6.61 Å². The summed E-state index contributed by atoms with van der Waals surface area (Å²) in [7, 11) is 1.41. The van der Waals surface area contributed by atoms with Crippen LogP contribution in [0.15, 0.2) is 66.9 Å². The number of pyridine rings is 1. The van der Waals surface area contributed by atoms with Crippen LogP contribution >= 0.6 is 9.24 Å². The lowest BCUT2D eigenvalue weighted by Gasteiger charge is -2.15. The van der Waals surface area contributed by atoms with Crippen LogP contribution < -0.4 is 14.8 Å². The number of carbonyl (C=O) groups excluding carboxylic acids is 1. The average molecular weight is 448 g/mol. The normalized spacial score (nSPS) is 12.2. The number of nitrogens with one attached hydrogen (secondary N) is 1. The molecule has 2 unspecified atom stereocenters. The molecule has 1 amide bonds. The van der Waals surface area contributed by atoms with E-state index in [1.54, 1.807) is 37.3 Å². The Hall–Kier alpha value is -3.12. The highest BCUT2D eigenvalue weighted by atomic mass is 31.0. The quantitative estimate of drug-likeness (QED) is 0.472. The smallest absolute Gasteiger partial charge is 0.292 e. The van der Waals surface area contributed by atoms with Gasteiger partial charge in [-0.1, -0.05) is 15.3 Å². The standard InChI is InChI=1S/C22H20F3N2O3P/c1-14(20-10-9-19(12-26-20)29-13-22(24,25)31)27-21(28)15-3-2-4-18(11-15)30-17-7-5-16(23)6-8-17/h2-12,14H,13,31H2,1H3,(H,27,28). The minimum atomic E-state index is -3.02. The van der Waals surface area contributed by atoms with Crippen molar-refractivity contribution in [3.8, 4) is 17.2 Å². The molecular weight excluding hydrogens is 428 g/mol. The molecule has 0 aliphatic heterocycles. The second-order valence-electron chi connectivity index (χ2n) is 6.75. The van der Waals surface area contributed by atoms with Crippen molar-refractivity contribution in [3.63, 3.8) is 0 Å². The van der Waals surface area contributed by atoms with Gasteiger partial charge in [0.2, 0.25) is 0 Å². The molecule has 0 saturated carbocycles. The van der Waals surface area contributed by atoms with Crippen molar-refractivity contribution < 1.29 is 27.4 Å². The number of aromatic nitrogens is 1. The van der Waals surface area contributed by atoms with E-state index in [9.17, 15) is 18.0 Å². The van der Waals surface area contributed by atoms with Crippen molar-refractivity contribution in [2.24, 2.45) is 0 Å². The van der Waals surface area contributed by atoms with Gasteiger partial charge in [-0.05, 0) is 61.5 Å². The minimum Gasteiger partial charge on any atom is -0.485 e. The molecule has 9 heteroatoms. The number of ether oxygens (including phenoxy) is 2. The van der Waals surface area contributed by atoms with E-state index in [0.717, 1.165) is 0 Å². The number of hydrogen-bond donors (Lipinski definition) is 1. The Kier molecular flexibility index (Phi) is 7.13. The third kappa shape index (κ3) is 6.96. The molecule has 162 valence electrons. The van der Waals surface area contributed by atoms with Crippen LogP contribution in [0.1, 0.15) is 29.0 Å². The molecule has 1 aromatic heterocycles. The van der Waals surface area contributed by atoms with Gasteiger partial charge >= 0.3 is 0 Å². The average Bonchev–Trinajstić information content (AvgIpc) is 2.74. The Morgan fingerprint density at radius 3 is 2.45 bits per heavy atom. The predicted octanol–water partition coefficient (Wildman–Crippen LogP) is 5.35. The number of alkyl halides is 2. The number of halogens is 3. The highest BCUT2D eigenvalue weighted by molar-refractivity contribution is 7.18. The Labute approximate surface area is 179 Å². The van der Waals surface area contributed by atoms with Gasteiger partial charge in [-0.2, -0.15) is 8.78 Å². The van der Waals surface area contributed by atoms with E-state index < -0.39 is 18.3 Å². The molecular formula is C22H20F3N2O3P. The van der Waals surface area contributed by atoms with Crippen LogP contribution in [0.3, 0.4) is 0 Å². The first-order valence-electron chi connectivity index (χ1n) is 9.29. The van der Waals surface area contributed by atoms with Gasteiger partial charge in [-0.25, -0.2) is 4.39 Å². The monoisotopic (exact) mass is 448 g/mol. The molecule has 0 fully saturated rings. The molecule has 0 radical (unpaired) electrons. The molecule has 2 atom stereocenters. The summed E-state index contributed by atoms with van der Waals surface area (Å²) in [6, 6.07) is 14.8. The molecule has 2 aromatic carbocycles. The number of carbonyl (C=O) groups is 1. The minimum absolute atomic E-state index is 0.204. The number of amides is 1. The summed E-state index contributed by atoms with van der Waals surface area (Å²) in [6.45, 7) is 0.970. The molecule has 0 saturated heterocycles. The van der Waals surface area contributed by atoms with Crippen LogP contribution in [0.4, 0.5) is 13.2 Å². The third-order valence-corrected chi connectivity index (χ3v) is 4.29. The summed E-state index contributed by atoms with van der Waals surface area (Å²) >= 11 is 0. The van der Waals surface area contributed by atoms with E-state index >= 15 is 0 Å². The summed E-state index contributed by atoms with van der Waals surface area (Å²) in [5.74, 6) is 0.359. The SMILES string of the molecule is CC(NC(=O)c1cccc(Oc2ccc(F)cc2)c1)c1ccc(OCC(F)(F)P)cn1. The van der Waals surface area contributed by atoms with Gasteiger partial charge in [0.05, 0.1) is 17.9 Å². The lowest BCUT2D eigenvalue weighted by Crippen LogP contribution is -2.27. The molecule has 1 heterocycles. The van der Waals surface area contributed by atoms with Crippen molar-refractivity contribution in [3.05, 3.63) is 83.9 Å². The van der Waals surface area contributed by atoms with Crippen molar-refractivity contribution in [2.75, 3.05) is 6.61 Å². The van der Waals surface area contributed by atoms with E-state index in [-0.39, 0.29) is 17.5 Å². The predicted molar refractivity (Wildman–Crippen MR) is 113 cm³/mol. The Bertz CT molecular complexity index is 1030. The number of nitrogens with zero attached hydrogens (tertiary/aromatic N) is 1. The maximum absolute atomic E-state index is 13.0. The number of hydrogen-bond acceptors (Lipinski definition) is 4. The first-order valence-corrected chi connectivity index (χ1v) is 9.87. The molecule has 0 aliphatic rings. The highest BCUT2D eigenvalue weighted by Crippen LogP contribution is 2.25. The van der Waals surface area contributed by atoms with Gasteiger partial charge in [0.25, 0.3) is 11.6 Å². The summed E-state index contributed by atoms with van der Waals surface area (Å²) in [4.78, 5) is 16.8. The molecule has 3 aromatic rings. The Morgan fingerprint density at radius 2 is 1.81 bits per heavy atom. The Balaban J connectivity index is 1.61. The second-order valence-corrected chi connectivity index (χ2v) is 7.59. The van der Waals surface area contributed by atoms with Crippen LogP contribution in [0.5, 0.6) is 17.2 Å². The van der Waals surface area contributed by atoms with Crippen molar-refractivity contribution in [2.45, 2.75) is 18.6 Å². The third-order valence-electron chi connectivity index (χ3n) is 4.13. The maximum atomic E-state index is 13.0. The first kappa shape index (κ1) is 22.6. The zero-order valence-electron chi connectivity index (χ0n) is 16.5. The van der Waals surface area contributed by atoms with Crippen molar-refractivity contribution in [1.82, 2.24) is 10.3 Å². The van der Waals surface area contributed by atoms with Crippen LogP contribution in [0.25, 0.3) is 0 Å². The van der Waals surface area contributed by atoms with Crippen LogP contribution in [-0.4, -0.2) is 23.2 Å². The zero-order valence-corrected chi connectivity index (χ0v) is 17.7. The molecule has 31 heavy (non-hydrogen) atoms. The largest absolute Gasteiger partial charge is 0.485 e. The van der Waals surface area contributed by atoms with Gasteiger partial charge < -0.3 is 14.8 Å². The van der Waals surface area contributed by atoms with Crippen LogP contribution in [0, 0.1) is 5.82 Å². The second kappa shape index (κ2) is 9.79. The van der Waals surface area contributed by atoms with Crippen LogP contribution in [0.2, 0.25) is 0 Å². The van der Waals surface area contributed by atoms with Crippen LogP contribution in [-0.2, 0) is 0 Å². The Morgan fingerprint density at radius 1 is 1.10 bits per heavy atom. The van der Waals surface area contributed by atoms with E-state index in [2.05, 4.69) is 10.3 Å². The molecule has 0 aliphatic carbocycles. The highest BCUT2D eigenvalue weighted by Gasteiger charge is 2.22. The fraction of sp³-hybridized carbons (Fsp3) is 0.182. The topological polar surface area (TPSA) is 60.5 Å². The number of benzene rings is 2. The van der Waals surface area contributed by atoms with E-state index in [1.807, 2.05) is 0 Å². The lowest BCUT2D eigenvalue weighted by molar-refractivity contribution is 0.0460. The fourth-order valence-corrected chi connectivity index (χ4v) is 2.69. The molecule has 0 spiro atoms. The molecule has 3 rings (SSSR count).